The summed E-state index contributed by atoms with van der Waals surface area (Å²) in [6.07, 6.45) is 3.28. The number of nitrogens with zero attached hydrogens (tertiary/aromatic N) is 2. The monoisotopic (exact) mass is 419 g/mol. The van der Waals surface area contributed by atoms with Gasteiger partial charge in [-0.2, -0.15) is 5.10 Å². The minimum absolute atomic E-state index is 0.349. The summed E-state index contributed by atoms with van der Waals surface area (Å²) in [7, 11) is -3.72. The van der Waals surface area contributed by atoms with Crippen LogP contribution in [0.3, 0.4) is 0 Å². The Morgan fingerprint density at radius 1 is 0.933 bits per heavy atom. The lowest BCUT2D eigenvalue weighted by Gasteiger charge is -2.16. The molecule has 0 atom stereocenters. The van der Waals surface area contributed by atoms with E-state index in [1.165, 1.54) is 10.8 Å². The lowest BCUT2D eigenvalue weighted by molar-refractivity contribution is 0.599. The predicted molar refractivity (Wildman–Crippen MR) is 121 cm³/mol. The van der Waals surface area contributed by atoms with Crippen molar-refractivity contribution in [3.8, 4) is 0 Å². The molecule has 4 aromatic rings. The Hall–Kier alpha value is -3.12. The van der Waals surface area contributed by atoms with Gasteiger partial charge >= 0.3 is 0 Å². The number of fused-ring (bicyclic) bond motifs is 1. The minimum Gasteiger partial charge on any atom is -0.276 e. The maximum absolute atomic E-state index is 13.1. The fourth-order valence-corrected chi connectivity index (χ4v) is 5.54. The van der Waals surface area contributed by atoms with Crippen molar-refractivity contribution in [1.29, 1.82) is 0 Å². The molecule has 1 heterocycles. The van der Waals surface area contributed by atoms with Crippen molar-refractivity contribution in [1.82, 2.24) is 9.78 Å². The minimum atomic E-state index is -3.72. The summed E-state index contributed by atoms with van der Waals surface area (Å²) in [4.78, 5) is 0.349. The van der Waals surface area contributed by atoms with E-state index in [0.29, 0.717) is 17.1 Å². The Bertz CT molecular complexity index is 1320. The molecule has 0 amide bonds. The van der Waals surface area contributed by atoms with E-state index in [0.717, 1.165) is 27.8 Å². The van der Waals surface area contributed by atoms with E-state index in [4.69, 9.17) is 0 Å². The third kappa shape index (κ3) is 3.71. The highest BCUT2D eigenvalue weighted by molar-refractivity contribution is 7.92. The zero-order valence-electron chi connectivity index (χ0n) is 17.6. The highest BCUT2D eigenvalue weighted by atomic mass is 32.2. The fraction of sp³-hybridized carbons (Fsp3) is 0.208. The summed E-state index contributed by atoms with van der Waals surface area (Å²) < 4.78 is 30.7. The van der Waals surface area contributed by atoms with Crippen LogP contribution < -0.4 is 4.72 Å². The topological polar surface area (TPSA) is 64.0 Å². The lowest BCUT2D eigenvalue weighted by atomic mass is 10.0. The second kappa shape index (κ2) is 7.61. The van der Waals surface area contributed by atoms with Crippen LogP contribution in [0.1, 0.15) is 27.8 Å². The zero-order chi connectivity index (χ0) is 21.5. The molecule has 0 aliphatic rings. The van der Waals surface area contributed by atoms with E-state index in [1.807, 2.05) is 52.0 Å². The van der Waals surface area contributed by atoms with E-state index >= 15 is 0 Å². The summed E-state index contributed by atoms with van der Waals surface area (Å²) in [6, 6.07) is 16.4. The molecule has 0 saturated heterocycles. The molecule has 0 fully saturated rings. The molecule has 0 saturated carbocycles. The maximum Gasteiger partial charge on any atom is 0.262 e. The Kier molecular flexibility index (Phi) is 5.12. The van der Waals surface area contributed by atoms with Crippen molar-refractivity contribution in [2.75, 3.05) is 4.72 Å². The second-order valence-corrected chi connectivity index (χ2v) is 9.38. The molecule has 5 nitrogen and oxygen atoms in total. The van der Waals surface area contributed by atoms with Crippen LogP contribution >= 0.6 is 0 Å². The molecule has 4 rings (SSSR count). The highest BCUT2D eigenvalue weighted by Crippen LogP contribution is 2.28. The first-order valence-corrected chi connectivity index (χ1v) is 11.3. The lowest BCUT2D eigenvalue weighted by Crippen LogP contribution is -2.16. The first kappa shape index (κ1) is 20.2. The van der Waals surface area contributed by atoms with Crippen molar-refractivity contribution < 1.29 is 8.42 Å². The molecule has 0 unspecified atom stereocenters. The van der Waals surface area contributed by atoms with Gasteiger partial charge in [-0.15, -0.1) is 0 Å². The van der Waals surface area contributed by atoms with Crippen LogP contribution in [0.2, 0.25) is 0 Å². The molecule has 0 radical (unpaired) electrons. The fourth-order valence-electron chi connectivity index (χ4n) is 3.90. The van der Waals surface area contributed by atoms with E-state index in [9.17, 15) is 8.42 Å². The molecule has 1 aromatic heterocycles. The Morgan fingerprint density at radius 2 is 1.60 bits per heavy atom. The average molecular weight is 420 g/mol. The third-order valence-electron chi connectivity index (χ3n) is 5.66. The number of aromatic nitrogens is 2. The average Bonchev–Trinajstić information content (AvgIpc) is 3.13. The van der Waals surface area contributed by atoms with Crippen LogP contribution in [0.25, 0.3) is 10.8 Å². The van der Waals surface area contributed by atoms with Gasteiger partial charge in [-0.1, -0.05) is 48.5 Å². The summed E-state index contributed by atoms with van der Waals surface area (Å²) in [6.45, 7) is 8.12. The molecule has 0 aliphatic carbocycles. The number of benzene rings is 3. The van der Waals surface area contributed by atoms with Gasteiger partial charge < -0.3 is 0 Å². The van der Waals surface area contributed by atoms with Gasteiger partial charge in [-0.25, -0.2) is 8.42 Å². The van der Waals surface area contributed by atoms with Gasteiger partial charge in [0.05, 0.1) is 23.3 Å². The van der Waals surface area contributed by atoms with Crippen LogP contribution in [-0.4, -0.2) is 18.2 Å². The molecule has 0 aliphatic heterocycles. The number of anilines is 1. The van der Waals surface area contributed by atoms with E-state index in [-0.39, 0.29) is 0 Å². The van der Waals surface area contributed by atoms with Gasteiger partial charge in [0, 0.05) is 6.20 Å². The third-order valence-corrected chi connectivity index (χ3v) is 7.32. The van der Waals surface area contributed by atoms with Crippen molar-refractivity contribution in [3.05, 3.63) is 88.7 Å². The summed E-state index contributed by atoms with van der Waals surface area (Å²) >= 11 is 0. The largest absolute Gasteiger partial charge is 0.276 e. The van der Waals surface area contributed by atoms with Crippen molar-refractivity contribution in [2.45, 2.75) is 39.1 Å². The van der Waals surface area contributed by atoms with Gasteiger partial charge in [-0.3, -0.25) is 9.40 Å². The van der Waals surface area contributed by atoms with Crippen molar-refractivity contribution >= 4 is 26.5 Å². The summed E-state index contributed by atoms with van der Waals surface area (Å²) in [5.74, 6) is 0. The highest BCUT2D eigenvalue weighted by Gasteiger charge is 2.22. The zero-order valence-corrected chi connectivity index (χ0v) is 18.4. The molecule has 30 heavy (non-hydrogen) atoms. The number of hydrogen-bond acceptors (Lipinski definition) is 3. The molecule has 0 bridgehead atoms. The van der Waals surface area contributed by atoms with Crippen LogP contribution in [0.15, 0.2) is 65.8 Å². The van der Waals surface area contributed by atoms with E-state index in [2.05, 4.69) is 34.1 Å². The molecule has 3 aromatic carbocycles. The first-order valence-electron chi connectivity index (χ1n) is 9.85. The molecule has 1 N–H and O–H groups in total. The molecule has 154 valence electrons. The first-order chi connectivity index (χ1) is 14.3. The molecular weight excluding hydrogens is 394 g/mol. The summed E-state index contributed by atoms with van der Waals surface area (Å²) in [5, 5.41) is 6.70. The Morgan fingerprint density at radius 3 is 2.33 bits per heavy atom. The standard InChI is InChI=1S/C24H25N3O2S/c1-16-12-17(2)19(4)24(18(16)3)30(28,29)26-22-13-25-27(15-22)14-21-10-7-9-20-8-5-6-11-23(20)21/h5-13,15,26H,14H2,1-4H3. The Labute approximate surface area is 177 Å². The maximum atomic E-state index is 13.1. The van der Waals surface area contributed by atoms with Crippen LogP contribution in [-0.2, 0) is 16.6 Å². The van der Waals surface area contributed by atoms with Crippen molar-refractivity contribution in [2.24, 2.45) is 0 Å². The normalized spacial score (nSPS) is 11.7. The predicted octanol–water partition coefficient (Wildman–Crippen LogP) is 5.12. The molecule has 6 heteroatoms. The van der Waals surface area contributed by atoms with Gasteiger partial charge in [0.1, 0.15) is 0 Å². The Balaban J connectivity index is 1.62. The van der Waals surface area contributed by atoms with Gasteiger partial charge in [0.15, 0.2) is 0 Å². The molecule has 0 spiro atoms. The smallest absolute Gasteiger partial charge is 0.262 e. The number of rotatable bonds is 5. The van der Waals surface area contributed by atoms with Crippen LogP contribution in [0, 0.1) is 27.7 Å². The van der Waals surface area contributed by atoms with Crippen LogP contribution in [0.5, 0.6) is 0 Å². The second-order valence-electron chi connectivity index (χ2n) is 7.76. The van der Waals surface area contributed by atoms with E-state index in [1.54, 1.807) is 17.1 Å². The van der Waals surface area contributed by atoms with Gasteiger partial charge in [0.2, 0.25) is 0 Å². The number of hydrogen-bond donors (Lipinski definition) is 1. The van der Waals surface area contributed by atoms with Gasteiger partial charge in [0.25, 0.3) is 10.0 Å². The quantitative estimate of drug-likeness (QED) is 0.488. The van der Waals surface area contributed by atoms with Crippen LogP contribution in [0.4, 0.5) is 5.69 Å². The number of nitrogens with one attached hydrogen (secondary N) is 1. The van der Waals surface area contributed by atoms with Gasteiger partial charge in [-0.05, 0) is 66.3 Å². The van der Waals surface area contributed by atoms with Crippen molar-refractivity contribution in [3.63, 3.8) is 0 Å². The number of aryl methyl sites for hydroxylation is 2. The summed E-state index contributed by atoms with van der Waals surface area (Å²) in [5.41, 5.74) is 5.05. The molecular formula is C24H25N3O2S. The number of sulfonamides is 1. The van der Waals surface area contributed by atoms with E-state index < -0.39 is 10.0 Å². The SMILES string of the molecule is Cc1cc(C)c(C)c(S(=O)(=O)Nc2cnn(Cc3cccc4ccccc34)c2)c1C.